The van der Waals surface area contributed by atoms with Crippen molar-refractivity contribution in [3.05, 3.63) is 40.7 Å². The monoisotopic (exact) mass is 304 g/mol. The van der Waals surface area contributed by atoms with E-state index in [0.717, 1.165) is 16.0 Å². The molecule has 2 N–H and O–H groups in total. The van der Waals surface area contributed by atoms with Crippen molar-refractivity contribution < 1.29 is 9.90 Å². The standard InChI is InChI=1S/C14H12N2O2S2/c17-6-5-15-13(18)11-8-20-14(16-11)10-7-19-12-4-2-1-3-9(10)12/h1-4,7-8,17H,5-6H2,(H,15,18). The first-order chi connectivity index (χ1) is 9.79. The van der Waals surface area contributed by atoms with Crippen LogP contribution in [0.2, 0.25) is 0 Å². The van der Waals surface area contributed by atoms with Crippen LogP contribution in [0.3, 0.4) is 0 Å². The number of carbonyl (C=O) groups is 1. The number of carbonyl (C=O) groups excluding carboxylic acids is 1. The minimum absolute atomic E-state index is 0.0715. The van der Waals surface area contributed by atoms with Crippen LogP contribution in [0.4, 0.5) is 0 Å². The van der Waals surface area contributed by atoms with Crippen molar-refractivity contribution in [2.45, 2.75) is 0 Å². The van der Waals surface area contributed by atoms with Crippen LogP contribution in [0.1, 0.15) is 10.5 Å². The number of fused-ring (bicyclic) bond motifs is 1. The molecule has 20 heavy (non-hydrogen) atoms. The molecule has 0 fully saturated rings. The second kappa shape index (κ2) is 5.70. The Morgan fingerprint density at radius 3 is 2.95 bits per heavy atom. The molecule has 0 atom stereocenters. The van der Waals surface area contributed by atoms with Crippen molar-refractivity contribution in [3.63, 3.8) is 0 Å². The Hall–Kier alpha value is -1.76. The summed E-state index contributed by atoms with van der Waals surface area (Å²) in [6.45, 7) is 0.172. The van der Waals surface area contributed by atoms with Gasteiger partial charge >= 0.3 is 0 Å². The molecule has 0 aliphatic heterocycles. The Kier molecular flexibility index (Phi) is 3.77. The predicted octanol–water partition coefficient (Wildman–Crippen LogP) is 2.75. The fourth-order valence-electron chi connectivity index (χ4n) is 1.91. The molecule has 6 heteroatoms. The van der Waals surface area contributed by atoms with Gasteiger partial charge in [-0.2, -0.15) is 0 Å². The number of nitrogens with zero attached hydrogens (tertiary/aromatic N) is 1. The van der Waals surface area contributed by atoms with Gasteiger partial charge in [0.15, 0.2) is 0 Å². The highest BCUT2D eigenvalue weighted by atomic mass is 32.1. The van der Waals surface area contributed by atoms with E-state index in [1.807, 2.05) is 12.1 Å². The normalized spacial score (nSPS) is 10.8. The minimum atomic E-state index is -0.249. The van der Waals surface area contributed by atoms with Crippen molar-refractivity contribution in [1.29, 1.82) is 0 Å². The highest BCUT2D eigenvalue weighted by Gasteiger charge is 2.13. The van der Waals surface area contributed by atoms with Crippen LogP contribution in [-0.4, -0.2) is 29.1 Å². The molecule has 2 heterocycles. The number of aliphatic hydroxyl groups excluding tert-OH is 1. The van der Waals surface area contributed by atoms with E-state index in [-0.39, 0.29) is 19.1 Å². The Morgan fingerprint density at radius 1 is 1.25 bits per heavy atom. The average Bonchev–Trinajstić information content (AvgIpc) is 3.10. The van der Waals surface area contributed by atoms with Crippen molar-refractivity contribution in [2.24, 2.45) is 0 Å². The molecule has 1 amide bonds. The van der Waals surface area contributed by atoms with Crippen LogP contribution in [-0.2, 0) is 0 Å². The van der Waals surface area contributed by atoms with E-state index in [2.05, 4.69) is 27.8 Å². The molecule has 2 aromatic heterocycles. The summed E-state index contributed by atoms with van der Waals surface area (Å²) < 4.78 is 1.21. The summed E-state index contributed by atoms with van der Waals surface area (Å²) in [6, 6.07) is 8.15. The van der Waals surface area contributed by atoms with Gasteiger partial charge in [-0.3, -0.25) is 4.79 Å². The maximum absolute atomic E-state index is 11.8. The van der Waals surface area contributed by atoms with Gasteiger partial charge in [-0.25, -0.2) is 4.98 Å². The summed E-state index contributed by atoms with van der Waals surface area (Å²) in [4.78, 5) is 16.2. The number of benzene rings is 1. The Balaban J connectivity index is 1.92. The first-order valence-corrected chi connectivity index (χ1v) is 7.86. The number of aliphatic hydroxyl groups is 1. The van der Waals surface area contributed by atoms with Crippen molar-refractivity contribution in [1.82, 2.24) is 10.3 Å². The quantitative estimate of drug-likeness (QED) is 0.779. The zero-order valence-corrected chi connectivity index (χ0v) is 12.1. The third-order valence-electron chi connectivity index (χ3n) is 2.85. The van der Waals surface area contributed by atoms with Gasteiger partial charge < -0.3 is 10.4 Å². The number of nitrogens with one attached hydrogen (secondary N) is 1. The topological polar surface area (TPSA) is 62.2 Å². The molecule has 3 aromatic rings. The SMILES string of the molecule is O=C(NCCO)c1csc(-c2csc3ccccc23)n1. The van der Waals surface area contributed by atoms with Crippen LogP contribution in [0, 0.1) is 0 Å². The number of aromatic nitrogens is 1. The predicted molar refractivity (Wildman–Crippen MR) is 82.4 cm³/mol. The molecular weight excluding hydrogens is 292 g/mol. The molecule has 0 saturated carbocycles. The number of amides is 1. The highest BCUT2D eigenvalue weighted by molar-refractivity contribution is 7.19. The molecule has 4 nitrogen and oxygen atoms in total. The zero-order valence-electron chi connectivity index (χ0n) is 10.5. The molecular formula is C14H12N2O2S2. The summed E-state index contributed by atoms with van der Waals surface area (Å²) in [7, 11) is 0. The number of thiophene rings is 1. The van der Waals surface area contributed by atoms with Gasteiger partial charge in [-0.1, -0.05) is 18.2 Å². The summed E-state index contributed by atoms with van der Waals surface area (Å²) in [5, 5.41) is 17.1. The van der Waals surface area contributed by atoms with E-state index in [9.17, 15) is 4.79 Å². The maximum atomic E-state index is 11.8. The van der Waals surface area contributed by atoms with Crippen LogP contribution in [0.15, 0.2) is 35.0 Å². The van der Waals surface area contributed by atoms with Crippen molar-refractivity contribution in [2.75, 3.05) is 13.2 Å². The van der Waals surface area contributed by atoms with E-state index in [1.54, 1.807) is 16.7 Å². The zero-order chi connectivity index (χ0) is 13.9. The molecule has 3 rings (SSSR count). The first kappa shape index (κ1) is 13.2. The Labute approximate surface area is 123 Å². The molecule has 0 radical (unpaired) electrons. The van der Waals surface area contributed by atoms with E-state index in [4.69, 9.17) is 5.11 Å². The fourth-order valence-corrected chi connectivity index (χ4v) is 3.76. The van der Waals surface area contributed by atoms with E-state index >= 15 is 0 Å². The summed E-state index contributed by atoms with van der Waals surface area (Å²) in [5.41, 5.74) is 1.46. The van der Waals surface area contributed by atoms with Gasteiger partial charge in [0.1, 0.15) is 10.7 Å². The van der Waals surface area contributed by atoms with E-state index < -0.39 is 0 Å². The molecule has 0 saturated heterocycles. The van der Waals surface area contributed by atoms with Gasteiger partial charge in [0, 0.05) is 33.0 Å². The van der Waals surface area contributed by atoms with Crippen molar-refractivity contribution in [3.8, 4) is 10.6 Å². The molecule has 102 valence electrons. The summed E-state index contributed by atoms with van der Waals surface area (Å²) >= 11 is 3.13. The van der Waals surface area contributed by atoms with Crippen LogP contribution < -0.4 is 5.32 Å². The summed E-state index contributed by atoms with van der Waals surface area (Å²) in [6.07, 6.45) is 0. The second-order valence-electron chi connectivity index (χ2n) is 4.16. The Morgan fingerprint density at radius 2 is 2.10 bits per heavy atom. The number of hydrogen-bond donors (Lipinski definition) is 2. The average molecular weight is 304 g/mol. The van der Waals surface area contributed by atoms with E-state index in [1.165, 1.54) is 16.0 Å². The lowest BCUT2D eigenvalue weighted by atomic mass is 10.2. The number of hydrogen-bond acceptors (Lipinski definition) is 5. The smallest absolute Gasteiger partial charge is 0.270 e. The van der Waals surface area contributed by atoms with Gasteiger partial charge in [-0.05, 0) is 6.07 Å². The largest absolute Gasteiger partial charge is 0.395 e. The Bertz CT molecular complexity index is 748. The van der Waals surface area contributed by atoms with Gasteiger partial charge in [0.25, 0.3) is 5.91 Å². The van der Waals surface area contributed by atoms with Crippen LogP contribution in [0.25, 0.3) is 20.7 Å². The minimum Gasteiger partial charge on any atom is -0.395 e. The second-order valence-corrected chi connectivity index (χ2v) is 5.93. The summed E-state index contributed by atoms with van der Waals surface area (Å²) in [5.74, 6) is -0.249. The van der Waals surface area contributed by atoms with Gasteiger partial charge in [0.05, 0.1) is 6.61 Å². The van der Waals surface area contributed by atoms with Crippen molar-refractivity contribution >= 4 is 38.7 Å². The number of thiazole rings is 1. The lowest BCUT2D eigenvalue weighted by Gasteiger charge is -1.98. The van der Waals surface area contributed by atoms with E-state index in [0.29, 0.717) is 5.69 Å². The third kappa shape index (κ3) is 2.45. The first-order valence-electron chi connectivity index (χ1n) is 6.11. The van der Waals surface area contributed by atoms with Gasteiger partial charge in [-0.15, -0.1) is 22.7 Å². The molecule has 0 unspecified atom stereocenters. The number of rotatable bonds is 4. The molecule has 0 aliphatic carbocycles. The molecule has 1 aromatic carbocycles. The molecule has 0 aliphatic rings. The highest BCUT2D eigenvalue weighted by Crippen LogP contribution is 2.35. The maximum Gasteiger partial charge on any atom is 0.270 e. The lowest BCUT2D eigenvalue weighted by molar-refractivity contribution is 0.0940. The van der Waals surface area contributed by atoms with Crippen LogP contribution in [0.5, 0.6) is 0 Å². The lowest BCUT2D eigenvalue weighted by Crippen LogP contribution is -2.26. The third-order valence-corrected chi connectivity index (χ3v) is 4.68. The van der Waals surface area contributed by atoms with Gasteiger partial charge in [0.2, 0.25) is 0 Å². The molecule has 0 spiro atoms. The molecule has 0 bridgehead atoms. The fraction of sp³-hybridized carbons (Fsp3) is 0.143. The van der Waals surface area contributed by atoms with Crippen LogP contribution >= 0.6 is 22.7 Å².